The second kappa shape index (κ2) is 8.42. The molecule has 1 saturated heterocycles. The summed E-state index contributed by atoms with van der Waals surface area (Å²) in [5.41, 5.74) is 8.32. The molecule has 1 aromatic heterocycles. The number of nitrogens with one attached hydrogen (secondary N) is 1. The van der Waals surface area contributed by atoms with E-state index >= 15 is 0 Å². The van der Waals surface area contributed by atoms with E-state index in [9.17, 15) is 9.59 Å². The minimum absolute atomic E-state index is 0.0675. The fraction of sp³-hybridized carbons (Fsp3) is 0.421. The number of aromatic nitrogens is 1. The second-order valence-corrected chi connectivity index (χ2v) is 7.74. The van der Waals surface area contributed by atoms with Gasteiger partial charge in [-0.3, -0.25) is 14.5 Å². The summed E-state index contributed by atoms with van der Waals surface area (Å²) in [4.78, 5) is 30.3. The van der Waals surface area contributed by atoms with Crippen molar-refractivity contribution in [2.24, 2.45) is 11.7 Å². The predicted molar refractivity (Wildman–Crippen MR) is 103 cm³/mol. The van der Waals surface area contributed by atoms with Crippen LogP contribution in [-0.4, -0.2) is 34.8 Å². The zero-order valence-corrected chi connectivity index (χ0v) is 15.7. The Labute approximate surface area is 157 Å². The molecule has 6 nitrogen and oxygen atoms in total. The lowest BCUT2D eigenvalue weighted by Gasteiger charge is -2.30. The van der Waals surface area contributed by atoms with Gasteiger partial charge >= 0.3 is 0 Å². The van der Waals surface area contributed by atoms with Gasteiger partial charge in [-0.1, -0.05) is 17.7 Å². The SMILES string of the molecule is Cc1ccc(NC(=O)Cc2nc(CN3CCC[C@@H](C(N)=O)C3)cs2)cc1. The van der Waals surface area contributed by atoms with Gasteiger partial charge in [-0.05, 0) is 38.4 Å². The maximum absolute atomic E-state index is 12.2. The van der Waals surface area contributed by atoms with Gasteiger partial charge in [0.1, 0.15) is 5.01 Å². The normalized spacial score (nSPS) is 17.8. The molecule has 0 radical (unpaired) electrons. The summed E-state index contributed by atoms with van der Waals surface area (Å²) in [5.74, 6) is -0.356. The smallest absolute Gasteiger partial charge is 0.231 e. The molecule has 0 aliphatic carbocycles. The number of carbonyl (C=O) groups excluding carboxylic acids is 2. The summed E-state index contributed by atoms with van der Waals surface area (Å²) in [6, 6.07) is 7.72. The van der Waals surface area contributed by atoms with Crippen LogP contribution in [0.25, 0.3) is 0 Å². The van der Waals surface area contributed by atoms with E-state index in [4.69, 9.17) is 5.73 Å². The molecule has 1 aromatic carbocycles. The van der Waals surface area contributed by atoms with Crippen molar-refractivity contribution in [1.82, 2.24) is 9.88 Å². The molecule has 3 rings (SSSR count). The highest BCUT2D eigenvalue weighted by Crippen LogP contribution is 2.20. The fourth-order valence-corrected chi connectivity index (χ4v) is 3.93. The number of carbonyl (C=O) groups is 2. The summed E-state index contributed by atoms with van der Waals surface area (Å²) in [6.45, 7) is 4.34. The van der Waals surface area contributed by atoms with E-state index in [1.54, 1.807) is 0 Å². The minimum Gasteiger partial charge on any atom is -0.369 e. The van der Waals surface area contributed by atoms with Crippen LogP contribution in [0.3, 0.4) is 0 Å². The minimum atomic E-state index is -0.221. The van der Waals surface area contributed by atoms with E-state index in [2.05, 4.69) is 15.2 Å². The lowest BCUT2D eigenvalue weighted by molar-refractivity contribution is -0.123. The number of hydrogen-bond donors (Lipinski definition) is 2. The van der Waals surface area contributed by atoms with E-state index in [0.29, 0.717) is 13.1 Å². The Bertz CT molecular complexity index is 772. The first-order chi connectivity index (χ1) is 12.5. The molecule has 3 N–H and O–H groups in total. The Morgan fingerprint density at radius 1 is 1.35 bits per heavy atom. The molecule has 0 saturated carbocycles. The lowest BCUT2D eigenvalue weighted by atomic mass is 9.97. The van der Waals surface area contributed by atoms with Crippen molar-refractivity contribution in [3.8, 4) is 0 Å². The van der Waals surface area contributed by atoms with Crippen LogP contribution >= 0.6 is 11.3 Å². The number of anilines is 1. The quantitative estimate of drug-likeness (QED) is 0.814. The molecule has 1 aliphatic heterocycles. The molecule has 7 heteroatoms. The van der Waals surface area contributed by atoms with E-state index in [0.717, 1.165) is 41.3 Å². The van der Waals surface area contributed by atoms with Gasteiger partial charge in [0.15, 0.2) is 0 Å². The van der Waals surface area contributed by atoms with Crippen LogP contribution in [-0.2, 0) is 22.6 Å². The van der Waals surface area contributed by atoms with Crippen LogP contribution < -0.4 is 11.1 Å². The zero-order valence-electron chi connectivity index (χ0n) is 14.9. The summed E-state index contributed by atoms with van der Waals surface area (Å²) >= 11 is 1.50. The first kappa shape index (κ1) is 18.5. The number of likely N-dealkylation sites (tertiary alicyclic amines) is 1. The second-order valence-electron chi connectivity index (χ2n) is 6.80. The maximum atomic E-state index is 12.2. The maximum Gasteiger partial charge on any atom is 0.231 e. The highest BCUT2D eigenvalue weighted by atomic mass is 32.1. The summed E-state index contributed by atoms with van der Waals surface area (Å²) in [6.07, 6.45) is 2.11. The van der Waals surface area contributed by atoms with E-state index in [1.165, 1.54) is 11.3 Å². The molecule has 0 bridgehead atoms. The number of aryl methyl sites for hydroxylation is 1. The number of amides is 2. The zero-order chi connectivity index (χ0) is 18.5. The molecule has 1 atom stereocenters. The van der Waals surface area contributed by atoms with Crippen LogP contribution in [0.15, 0.2) is 29.6 Å². The lowest BCUT2D eigenvalue weighted by Crippen LogP contribution is -2.40. The van der Waals surface area contributed by atoms with E-state index in [1.807, 2.05) is 36.6 Å². The van der Waals surface area contributed by atoms with Gasteiger partial charge in [-0.25, -0.2) is 4.98 Å². The third kappa shape index (κ3) is 5.12. The van der Waals surface area contributed by atoms with Gasteiger partial charge < -0.3 is 11.1 Å². The molecular weight excluding hydrogens is 348 g/mol. The number of nitrogens with two attached hydrogens (primary N) is 1. The predicted octanol–water partition coefficient (Wildman–Crippen LogP) is 2.33. The van der Waals surface area contributed by atoms with Gasteiger partial charge in [0.2, 0.25) is 11.8 Å². The molecule has 2 heterocycles. The van der Waals surface area contributed by atoms with Crippen LogP contribution in [0, 0.1) is 12.8 Å². The van der Waals surface area contributed by atoms with Crippen molar-refractivity contribution in [2.45, 2.75) is 32.7 Å². The van der Waals surface area contributed by atoms with Crippen LogP contribution in [0.4, 0.5) is 5.69 Å². The fourth-order valence-electron chi connectivity index (χ4n) is 3.14. The molecule has 1 fully saturated rings. The van der Waals surface area contributed by atoms with Gasteiger partial charge in [-0.2, -0.15) is 0 Å². The largest absolute Gasteiger partial charge is 0.369 e. The Morgan fingerprint density at radius 2 is 2.12 bits per heavy atom. The Balaban J connectivity index is 1.52. The topological polar surface area (TPSA) is 88.3 Å². The number of primary amides is 1. The highest BCUT2D eigenvalue weighted by molar-refractivity contribution is 7.09. The van der Waals surface area contributed by atoms with Gasteiger partial charge in [0, 0.05) is 24.2 Å². The van der Waals surface area contributed by atoms with E-state index in [-0.39, 0.29) is 24.2 Å². The molecule has 0 unspecified atom stereocenters. The number of piperidine rings is 1. The Hall–Kier alpha value is -2.25. The van der Waals surface area contributed by atoms with Gasteiger partial charge in [0.05, 0.1) is 18.0 Å². The Kier molecular flexibility index (Phi) is 6.00. The van der Waals surface area contributed by atoms with Crippen molar-refractivity contribution in [1.29, 1.82) is 0 Å². The first-order valence-corrected chi connectivity index (χ1v) is 9.69. The van der Waals surface area contributed by atoms with Crippen LogP contribution in [0.5, 0.6) is 0 Å². The van der Waals surface area contributed by atoms with Crippen molar-refractivity contribution in [3.05, 3.63) is 45.9 Å². The van der Waals surface area contributed by atoms with Crippen molar-refractivity contribution < 1.29 is 9.59 Å². The standard InChI is InChI=1S/C19H24N4O2S/c1-13-4-6-15(7-5-13)21-17(24)9-18-22-16(12-26-18)11-23-8-2-3-14(10-23)19(20)25/h4-7,12,14H,2-3,8-11H2,1H3,(H2,20,25)(H,21,24)/t14-/m1/s1. The number of hydrogen-bond acceptors (Lipinski definition) is 5. The molecule has 2 aromatic rings. The molecule has 1 aliphatic rings. The van der Waals surface area contributed by atoms with Gasteiger partial charge in [-0.15, -0.1) is 11.3 Å². The average Bonchev–Trinajstić information content (AvgIpc) is 3.04. The molecule has 2 amide bonds. The summed E-state index contributed by atoms with van der Waals surface area (Å²) in [5, 5.41) is 5.68. The molecule has 26 heavy (non-hydrogen) atoms. The number of nitrogens with zero attached hydrogens (tertiary/aromatic N) is 2. The molecule has 0 spiro atoms. The van der Waals surface area contributed by atoms with Crippen LogP contribution in [0.1, 0.15) is 29.1 Å². The third-order valence-corrected chi connectivity index (χ3v) is 5.44. The molecule has 138 valence electrons. The number of rotatable bonds is 6. The number of benzene rings is 1. The van der Waals surface area contributed by atoms with Crippen molar-refractivity contribution in [3.63, 3.8) is 0 Å². The average molecular weight is 372 g/mol. The van der Waals surface area contributed by atoms with Crippen molar-refractivity contribution >= 4 is 28.8 Å². The monoisotopic (exact) mass is 372 g/mol. The molecular formula is C19H24N4O2S. The van der Waals surface area contributed by atoms with Crippen molar-refractivity contribution in [2.75, 3.05) is 18.4 Å². The number of thiazole rings is 1. The summed E-state index contributed by atoms with van der Waals surface area (Å²) < 4.78 is 0. The van der Waals surface area contributed by atoms with Gasteiger partial charge in [0.25, 0.3) is 0 Å². The first-order valence-electron chi connectivity index (χ1n) is 8.81. The summed E-state index contributed by atoms with van der Waals surface area (Å²) in [7, 11) is 0. The Morgan fingerprint density at radius 3 is 2.85 bits per heavy atom. The van der Waals surface area contributed by atoms with E-state index < -0.39 is 0 Å². The van der Waals surface area contributed by atoms with Crippen LogP contribution in [0.2, 0.25) is 0 Å². The highest BCUT2D eigenvalue weighted by Gasteiger charge is 2.24. The third-order valence-electron chi connectivity index (χ3n) is 4.54.